The lowest BCUT2D eigenvalue weighted by atomic mass is 9.85. The van der Waals surface area contributed by atoms with Crippen LogP contribution in [0.1, 0.15) is 40.0 Å². The summed E-state index contributed by atoms with van der Waals surface area (Å²) in [4.78, 5) is 13.9. The molecule has 0 bridgehead atoms. The number of nitrogens with one attached hydrogen (secondary N) is 1. The lowest BCUT2D eigenvalue weighted by Crippen LogP contribution is -2.37. The Morgan fingerprint density at radius 3 is 2.62 bits per heavy atom. The van der Waals surface area contributed by atoms with Crippen molar-refractivity contribution in [3.8, 4) is 0 Å². The molecule has 1 fully saturated rings. The number of carbonyl (C=O) groups is 1. The van der Waals surface area contributed by atoms with E-state index in [1.165, 1.54) is 12.8 Å². The third-order valence-electron chi connectivity index (χ3n) is 3.75. The maximum atomic E-state index is 12.0. The van der Waals surface area contributed by atoms with Crippen molar-refractivity contribution < 1.29 is 4.79 Å². The van der Waals surface area contributed by atoms with Crippen molar-refractivity contribution in [2.75, 3.05) is 26.2 Å². The first-order valence-corrected chi connectivity index (χ1v) is 6.67. The van der Waals surface area contributed by atoms with Crippen LogP contribution in [0.4, 0.5) is 0 Å². The molecule has 1 saturated heterocycles. The number of carbonyl (C=O) groups excluding carboxylic acids is 1. The Morgan fingerprint density at radius 1 is 1.44 bits per heavy atom. The Morgan fingerprint density at radius 2 is 2.12 bits per heavy atom. The highest BCUT2D eigenvalue weighted by molar-refractivity contribution is 5.76. The lowest BCUT2D eigenvalue weighted by Gasteiger charge is -2.29. The summed E-state index contributed by atoms with van der Waals surface area (Å²) in [5, 5.41) is 3.42. The third kappa shape index (κ3) is 3.78. The third-order valence-corrected chi connectivity index (χ3v) is 3.75. The van der Waals surface area contributed by atoms with Crippen molar-refractivity contribution in [3.05, 3.63) is 0 Å². The van der Waals surface area contributed by atoms with Gasteiger partial charge in [-0.05, 0) is 51.6 Å². The molecule has 0 spiro atoms. The molecule has 1 N–H and O–H groups in total. The predicted molar refractivity (Wildman–Crippen MR) is 67.3 cm³/mol. The van der Waals surface area contributed by atoms with Gasteiger partial charge in [-0.3, -0.25) is 4.79 Å². The average Bonchev–Trinajstić information content (AvgIpc) is 2.31. The Hall–Kier alpha value is -0.570. The molecule has 2 atom stereocenters. The minimum Gasteiger partial charge on any atom is -0.343 e. The minimum atomic E-state index is 0.322. The summed E-state index contributed by atoms with van der Waals surface area (Å²) >= 11 is 0. The van der Waals surface area contributed by atoms with E-state index in [2.05, 4.69) is 12.2 Å². The molecular weight excluding hydrogens is 200 g/mol. The first-order valence-electron chi connectivity index (χ1n) is 6.67. The van der Waals surface area contributed by atoms with Crippen LogP contribution in [-0.2, 0) is 4.79 Å². The van der Waals surface area contributed by atoms with Crippen LogP contribution in [0.3, 0.4) is 0 Å². The maximum Gasteiger partial charge on any atom is 0.222 e. The number of hydrogen-bond acceptors (Lipinski definition) is 2. The van der Waals surface area contributed by atoms with E-state index >= 15 is 0 Å². The van der Waals surface area contributed by atoms with E-state index in [0.717, 1.165) is 26.2 Å². The molecule has 0 aromatic heterocycles. The van der Waals surface area contributed by atoms with Crippen LogP contribution >= 0.6 is 0 Å². The van der Waals surface area contributed by atoms with Crippen molar-refractivity contribution in [1.82, 2.24) is 10.2 Å². The zero-order valence-electron chi connectivity index (χ0n) is 11.0. The molecule has 0 saturated carbocycles. The lowest BCUT2D eigenvalue weighted by molar-refractivity contribution is -0.132. The number of nitrogens with zero attached hydrogens (tertiary/aromatic N) is 1. The van der Waals surface area contributed by atoms with Gasteiger partial charge < -0.3 is 10.2 Å². The summed E-state index contributed by atoms with van der Waals surface area (Å²) in [7, 11) is 0. The van der Waals surface area contributed by atoms with Gasteiger partial charge in [-0.25, -0.2) is 0 Å². The molecule has 0 radical (unpaired) electrons. The number of rotatable bonds is 5. The van der Waals surface area contributed by atoms with Crippen LogP contribution in [0.25, 0.3) is 0 Å². The highest BCUT2D eigenvalue weighted by Crippen LogP contribution is 2.23. The van der Waals surface area contributed by atoms with E-state index in [0.29, 0.717) is 24.2 Å². The monoisotopic (exact) mass is 226 g/mol. The number of hydrogen-bond donors (Lipinski definition) is 1. The fraction of sp³-hybridized carbons (Fsp3) is 0.923. The summed E-state index contributed by atoms with van der Waals surface area (Å²) in [5.41, 5.74) is 0. The van der Waals surface area contributed by atoms with Crippen molar-refractivity contribution in [2.45, 2.75) is 40.0 Å². The number of amides is 1. The van der Waals surface area contributed by atoms with Crippen molar-refractivity contribution in [2.24, 2.45) is 11.8 Å². The van der Waals surface area contributed by atoms with Gasteiger partial charge >= 0.3 is 0 Å². The molecule has 0 aliphatic carbocycles. The van der Waals surface area contributed by atoms with Gasteiger partial charge in [0.25, 0.3) is 0 Å². The molecule has 1 rings (SSSR count). The van der Waals surface area contributed by atoms with Gasteiger partial charge in [0.05, 0.1) is 0 Å². The Balaban J connectivity index is 2.36. The van der Waals surface area contributed by atoms with Gasteiger partial charge in [-0.1, -0.05) is 6.92 Å². The average molecular weight is 226 g/mol. The van der Waals surface area contributed by atoms with Crippen molar-refractivity contribution in [1.29, 1.82) is 0 Å². The Bertz CT molecular complexity index is 208. The van der Waals surface area contributed by atoms with Gasteiger partial charge in [-0.15, -0.1) is 0 Å². The molecule has 1 amide bonds. The molecule has 1 aliphatic rings. The van der Waals surface area contributed by atoms with Crippen LogP contribution < -0.4 is 5.32 Å². The highest BCUT2D eigenvalue weighted by Gasteiger charge is 2.23. The summed E-state index contributed by atoms with van der Waals surface area (Å²) in [6.07, 6.45) is 3.25. The topological polar surface area (TPSA) is 32.3 Å². The zero-order valence-corrected chi connectivity index (χ0v) is 11.0. The molecule has 16 heavy (non-hydrogen) atoms. The first-order chi connectivity index (χ1) is 7.69. The second-order valence-electron chi connectivity index (χ2n) is 4.85. The largest absolute Gasteiger partial charge is 0.343 e. The van der Waals surface area contributed by atoms with Gasteiger partial charge in [0, 0.05) is 19.5 Å². The molecule has 1 heterocycles. The number of piperidine rings is 1. The Labute approximate surface area is 99.6 Å². The SMILES string of the molecule is CCN(CC)C(=O)CC(C)C1CCCNC1. The van der Waals surface area contributed by atoms with Crippen molar-refractivity contribution in [3.63, 3.8) is 0 Å². The van der Waals surface area contributed by atoms with E-state index < -0.39 is 0 Å². The predicted octanol–water partition coefficient (Wildman–Crippen LogP) is 1.88. The molecule has 0 aromatic carbocycles. The van der Waals surface area contributed by atoms with Crippen LogP contribution in [0.15, 0.2) is 0 Å². The van der Waals surface area contributed by atoms with E-state index in [1.54, 1.807) is 0 Å². The maximum absolute atomic E-state index is 12.0. The van der Waals surface area contributed by atoms with E-state index in [4.69, 9.17) is 0 Å². The normalized spacial score (nSPS) is 22.8. The second kappa shape index (κ2) is 6.89. The summed E-state index contributed by atoms with van der Waals surface area (Å²) in [6, 6.07) is 0. The van der Waals surface area contributed by atoms with Crippen LogP contribution in [-0.4, -0.2) is 37.0 Å². The zero-order chi connectivity index (χ0) is 12.0. The standard InChI is InChI=1S/C13H26N2O/c1-4-15(5-2)13(16)9-11(3)12-7-6-8-14-10-12/h11-12,14H,4-10H2,1-3H3. The van der Waals surface area contributed by atoms with Crippen molar-refractivity contribution >= 4 is 5.91 Å². The second-order valence-corrected chi connectivity index (χ2v) is 4.85. The van der Waals surface area contributed by atoms with Gasteiger partial charge in [0.1, 0.15) is 0 Å². The van der Waals surface area contributed by atoms with E-state index in [1.807, 2.05) is 18.7 Å². The first kappa shape index (κ1) is 13.5. The quantitative estimate of drug-likeness (QED) is 0.776. The molecule has 3 heteroatoms. The summed E-state index contributed by atoms with van der Waals surface area (Å²) < 4.78 is 0. The molecular formula is C13H26N2O. The van der Waals surface area contributed by atoms with E-state index in [-0.39, 0.29) is 0 Å². The minimum absolute atomic E-state index is 0.322. The molecule has 2 unspecified atom stereocenters. The van der Waals surface area contributed by atoms with Crippen LogP contribution in [0, 0.1) is 11.8 Å². The van der Waals surface area contributed by atoms with Gasteiger partial charge in [0.15, 0.2) is 0 Å². The molecule has 0 aromatic rings. The summed E-state index contributed by atoms with van der Waals surface area (Å²) in [5.74, 6) is 1.53. The van der Waals surface area contributed by atoms with Crippen LogP contribution in [0.2, 0.25) is 0 Å². The molecule has 3 nitrogen and oxygen atoms in total. The van der Waals surface area contributed by atoms with Gasteiger partial charge in [0.2, 0.25) is 5.91 Å². The highest BCUT2D eigenvalue weighted by atomic mass is 16.2. The van der Waals surface area contributed by atoms with Gasteiger partial charge in [-0.2, -0.15) is 0 Å². The summed E-state index contributed by atoms with van der Waals surface area (Å²) in [6.45, 7) is 10.2. The van der Waals surface area contributed by atoms with E-state index in [9.17, 15) is 4.79 Å². The molecule has 1 aliphatic heterocycles. The fourth-order valence-corrected chi connectivity index (χ4v) is 2.51. The Kier molecular flexibility index (Phi) is 5.81. The fourth-order valence-electron chi connectivity index (χ4n) is 2.51. The van der Waals surface area contributed by atoms with Crippen LogP contribution in [0.5, 0.6) is 0 Å². The molecule has 94 valence electrons. The smallest absolute Gasteiger partial charge is 0.222 e.